The van der Waals surface area contributed by atoms with Crippen LogP contribution in [0.3, 0.4) is 0 Å². The number of benzene rings is 1. The van der Waals surface area contributed by atoms with E-state index in [1.54, 1.807) is 0 Å². The number of aliphatic hydroxyl groups excluding tert-OH is 1. The lowest BCUT2D eigenvalue weighted by Gasteiger charge is -2.28. The van der Waals surface area contributed by atoms with Crippen molar-refractivity contribution < 1.29 is 5.11 Å². The molecule has 1 aromatic heterocycles. The van der Waals surface area contributed by atoms with Crippen molar-refractivity contribution in [2.75, 3.05) is 6.61 Å². The van der Waals surface area contributed by atoms with Crippen molar-refractivity contribution in [3.05, 3.63) is 46.2 Å². The molecule has 1 aliphatic carbocycles. The van der Waals surface area contributed by atoms with Crippen LogP contribution in [0.5, 0.6) is 0 Å². The highest BCUT2D eigenvalue weighted by Crippen LogP contribution is 2.29. The molecule has 1 aromatic carbocycles. The topological polar surface area (TPSA) is 65.1 Å². The Bertz CT molecular complexity index is 657. The highest BCUT2D eigenvalue weighted by Gasteiger charge is 2.32. The minimum absolute atomic E-state index is 0.0534. The van der Waals surface area contributed by atoms with Gasteiger partial charge in [-0.3, -0.25) is 4.79 Å². The van der Waals surface area contributed by atoms with Crippen molar-refractivity contribution >= 4 is 10.9 Å². The molecule has 4 nitrogen and oxygen atoms in total. The van der Waals surface area contributed by atoms with Crippen LogP contribution in [0.4, 0.5) is 0 Å². The van der Waals surface area contributed by atoms with E-state index < -0.39 is 0 Å². The van der Waals surface area contributed by atoms with E-state index in [0.29, 0.717) is 6.54 Å². The summed E-state index contributed by atoms with van der Waals surface area (Å²) in [4.78, 5) is 15.0. The van der Waals surface area contributed by atoms with E-state index in [9.17, 15) is 9.90 Å². The molecule has 0 amide bonds. The molecule has 2 aromatic rings. The molecule has 3 rings (SSSR count). The summed E-state index contributed by atoms with van der Waals surface area (Å²) in [6, 6.07) is 9.70. The second kappa shape index (κ2) is 5.38. The second-order valence-corrected chi connectivity index (χ2v) is 5.71. The average Bonchev–Trinajstić information content (AvgIpc) is 2.94. The van der Waals surface area contributed by atoms with Gasteiger partial charge in [0.2, 0.25) is 0 Å². The van der Waals surface area contributed by atoms with Crippen LogP contribution in [-0.4, -0.2) is 22.2 Å². The van der Waals surface area contributed by atoms with Gasteiger partial charge in [-0.25, -0.2) is 0 Å². The van der Waals surface area contributed by atoms with Gasteiger partial charge in [-0.15, -0.1) is 0 Å². The Morgan fingerprint density at radius 3 is 2.75 bits per heavy atom. The van der Waals surface area contributed by atoms with Crippen molar-refractivity contribution in [2.24, 2.45) is 0 Å². The molecule has 4 heteroatoms. The fraction of sp³-hybridized carbons (Fsp3) is 0.438. The fourth-order valence-corrected chi connectivity index (χ4v) is 3.05. The molecular formula is C16H20N2O2. The van der Waals surface area contributed by atoms with Gasteiger partial charge in [0, 0.05) is 23.2 Å². The Hall–Kier alpha value is -1.65. The number of pyridine rings is 1. The van der Waals surface area contributed by atoms with Crippen molar-refractivity contribution in [3.63, 3.8) is 0 Å². The minimum Gasteiger partial charge on any atom is -0.394 e. The number of nitrogens with one attached hydrogen (secondary N) is 2. The van der Waals surface area contributed by atoms with E-state index in [-0.39, 0.29) is 17.7 Å². The maximum absolute atomic E-state index is 12.1. The first kappa shape index (κ1) is 13.3. The molecule has 0 bridgehead atoms. The van der Waals surface area contributed by atoms with E-state index in [2.05, 4.69) is 10.3 Å². The summed E-state index contributed by atoms with van der Waals surface area (Å²) >= 11 is 0. The summed E-state index contributed by atoms with van der Waals surface area (Å²) < 4.78 is 0. The first-order valence-electron chi connectivity index (χ1n) is 7.19. The molecule has 1 heterocycles. The number of rotatable bonds is 4. The molecule has 0 atom stereocenters. The Morgan fingerprint density at radius 1 is 1.25 bits per heavy atom. The maximum Gasteiger partial charge on any atom is 0.252 e. The van der Waals surface area contributed by atoms with Gasteiger partial charge in [0.15, 0.2) is 0 Å². The number of fused-ring (bicyclic) bond motifs is 1. The van der Waals surface area contributed by atoms with E-state index >= 15 is 0 Å². The summed E-state index contributed by atoms with van der Waals surface area (Å²) in [5, 5.41) is 14.0. The Morgan fingerprint density at radius 2 is 2.00 bits per heavy atom. The van der Waals surface area contributed by atoms with Crippen LogP contribution in [0.25, 0.3) is 10.9 Å². The van der Waals surface area contributed by atoms with Crippen LogP contribution in [0.15, 0.2) is 35.1 Å². The van der Waals surface area contributed by atoms with Crippen LogP contribution in [0.2, 0.25) is 0 Å². The summed E-state index contributed by atoms with van der Waals surface area (Å²) in [5.41, 5.74) is 1.34. The molecule has 1 aliphatic rings. The molecule has 1 fully saturated rings. The molecule has 3 N–H and O–H groups in total. The van der Waals surface area contributed by atoms with Crippen molar-refractivity contribution in [1.82, 2.24) is 10.3 Å². The van der Waals surface area contributed by atoms with Crippen LogP contribution < -0.4 is 10.9 Å². The maximum atomic E-state index is 12.1. The second-order valence-electron chi connectivity index (χ2n) is 5.71. The standard InChI is InChI=1S/C16H20N2O2/c19-11-16(7-3-4-8-16)17-10-13-9-12-5-1-2-6-14(12)18-15(13)20/h1-2,5-6,9,17,19H,3-4,7-8,10-11H2,(H,18,20). The predicted octanol–water partition coefficient (Wildman–Crippen LogP) is 1.92. The molecule has 0 spiro atoms. The molecule has 0 unspecified atom stereocenters. The molecule has 0 radical (unpaired) electrons. The van der Waals surface area contributed by atoms with Gasteiger partial charge in [0.25, 0.3) is 5.56 Å². The Labute approximate surface area is 117 Å². The zero-order valence-electron chi connectivity index (χ0n) is 11.5. The number of hydrogen-bond acceptors (Lipinski definition) is 3. The number of para-hydroxylation sites is 1. The van der Waals surface area contributed by atoms with Crippen molar-refractivity contribution in [3.8, 4) is 0 Å². The third-order valence-electron chi connectivity index (χ3n) is 4.35. The summed E-state index contributed by atoms with van der Waals surface area (Å²) in [6.45, 7) is 0.638. The number of aromatic nitrogens is 1. The van der Waals surface area contributed by atoms with Crippen molar-refractivity contribution in [2.45, 2.75) is 37.8 Å². The zero-order chi connectivity index (χ0) is 14.0. The third-order valence-corrected chi connectivity index (χ3v) is 4.35. The van der Waals surface area contributed by atoms with Gasteiger partial charge in [0.05, 0.1) is 6.61 Å². The lowest BCUT2D eigenvalue weighted by molar-refractivity contribution is 0.163. The van der Waals surface area contributed by atoms with Crippen LogP contribution in [-0.2, 0) is 6.54 Å². The van der Waals surface area contributed by atoms with Crippen LogP contribution in [0.1, 0.15) is 31.2 Å². The first-order chi connectivity index (χ1) is 9.72. The van der Waals surface area contributed by atoms with Gasteiger partial charge in [-0.2, -0.15) is 0 Å². The molecular weight excluding hydrogens is 252 g/mol. The molecule has 106 valence electrons. The van der Waals surface area contributed by atoms with Gasteiger partial charge in [-0.05, 0) is 30.4 Å². The van der Waals surface area contributed by atoms with E-state index in [1.807, 2.05) is 30.3 Å². The third kappa shape index (κ3) is 2.49. The normalized spacial score (nSPS) is 17.6. The van der Waals surface area contributed by atoms with Crippen molar-refractivity contribution in [1.29, 1.82) is 0 Å². The Balaban J connectivity index is 1.83. The number of aliphatic hydroxyl groups is 1. The van der Waals surface area contributed by atoms with Gasteiger partial charge in [-0.1, -0.05) is 31.0 Å². The predicted molar refractivity (Wildman–Crippen MR) is 79.7 cm³/mol. The number of H-pyrrole nitrogens is 1. The quantitative estimate of drug-likeness (QED) is 0.796. The Kier molecular flexibility index (Phi) is 3.59. The fourth-order valence-electron chi connectivity index (χ4n) is 3.05. The smallest absolute Gasteiger partial charge is 0.252 e. The van der Waals surface area contributed by atoms with Crippen LogP contribution >= 0.6 is 0 Å². The lowest BCUT2D eigenvalue weighted by Crippen LogP contribution is -2.46. The van der Waals surface area contributed by atoms with E-state index in [4.69, 9.17) is 0 Å². The highest BCUT2D eigenvalue weighted by atomic mass is 16.3. The SMILES string of the molecule is O=c1[nH]c2ccccc2cc1CNC1(CO)CCCC1. The van der Waals surface area contributed by atoms with E-state index in [1.165, 1.54) is 0 Å². The largest absolute Gasteiger partial charge is 0.394 e. The average molecular weight is 272 g/mol. The van der Waals surface area contributed by atoms with Crippen LogP contribution in [0, 0.1) is 0 Å². The van der Waals surface area contributed by atoms with Gasteiger partial charge in [0.1, 0.15) is 0 Å². The molecule has 20 heavy (non-hydrogen) atoms. The summed E-state index contributed by atoms with van der Waals surface area (Å²) in [6.07, 6.45) is 4.24. The molecule has 0 saturated heterocycles. The summed E-state index contributed by atoms with van der Waals surface area (Å²) in [5.74, 6) is 0. The minimum atomic E-state index is -0.196. The van der Waals surface area contributed by atoms with Gasteiger partial charge < -0.3 is 15.4 Å². The van der Waals surface area contributed by atoms with Gasteiger partial charge >= 0.3 is 0 Å². The zero-order valence-corrected chi connectivity index (χ0v) is 11.5. The molecule has 0 aliphatic heterocycles. The number of aromatic amines is 1. The monoisotopic (exact) mass is 272 g/mol. The lowest BCUT2D eigenvalue weighted by atomic mass is 9.98. The van der Waals surface area contributed by atoms with E-state index in [0.717, 1.165) is 42.1 Å². The highest BCUT2D eigenvalue weighted by molar-refractivity contribution is 5.78. The number of hydrogen-bond donors (Lipinski definition) is 3. The molecule has 1 saturated carbocycles. The summed E-state index contributed by atoms with van der Waals surface area (Å²) in [7, 11) is 0. The first-order valence-corrected chi connectivity index (χ1v) is 7.19.